The molecule has 0 aliphatic heterocycles. The zero-order valence-electron chi connectivity index (χ0n) is 16.3. The summed E-state index contributed by atoms with van der Waals surface area (Å²) in [6.07, 6.45) is 4.01. The van der Waals surface area contributed by atoms with Crippen molar-refractivity contribution in [2.75, 3.05) is 20.3 Å². The molecule has 1 aromatic carbocycles. The predicted molar refractivity (Wildman–Crippen MR) is 101 cm³/mol. The second kappa shape index (κ2) is 8.41. The highest BCUT2D eigenvalue weighted by atomic mass is 16.6. The van der Waals surface area contributed by atoms with Crippen LogP contribution in [0.4, 0.5) is 9.59 Å². The molecule has 2 amide bonds. The van der Waals surface area contributed by atoms with Gasteiger partial charge in [0.05, 0.1) is 26.4 Å². The first-order valence-corrected chi connectivity index (χ1v) is 9.42. The quantitative estimate of drug-likeness (QED) is 0.593. The molecule has 152 valence electrons. The van der Waals surface area contributed by atoms with Crippen LogP contribution in [0.15, 0.2) is 36.4 Å². The number of hydrazine groups is 1. The number of nitrogens with one attached hydrogen (secondary N) is 1. The van der Waals surface area contributed by atoms with Crippen LogP contribution in [0.1, 0.15) is 26.7 Å². The van der Waals surface area contributed by atoms with Crippen LogP contribution in [-0.2, 0) is 9.47 Å². The molecule has 1 N–H and O–H groups in total. The predicted octanol–water partition coefficient (Wildman–Crippen LogP) is 3.28. The van der Waals surface area contributed by atoms with Gasteiger partial charge in [0, 0.05) is 5.41 Å². The second-order valence-corrected chi connectivity index (χ2v) is 6.68. The summed E-state index contributed by atoms with van der Waals surface area (Å²) in [6.45, 7) is 3.82. The fourth-order valence-electron chi connectivity index (χ4n) is 3.47. The highest BCUT2D eigenvalue weighted by molar-refractivity contribution is 5.74. The van der Waals surface area contributed by atoms with Gasteiger partial charge in [0.1, 0.15) is 17.6 Å². The summed E-state index contributed by atoms with van der Waals surface area (Å²) in [5.41, 5.74) is 2.21. The third kappa shape index (κ3) is 4.00. The molecule has 8 heteroatoms. The first-order valence-electron chi connectivity index (χ1n) is 9.42. The van der Waals surface area contributed by atoms with Gasteiger partial charge in [-0.25, -0.2) is 20.0 Å². The molecule has 0 aromatic heterocycles. The van der Waals surface area contributed by atoms with Crippen LogP contribution in [0.5, 0.6) is 11.5 Å². The Balaban J connectivity index is 1.74. The van der Waals surface area contributed by atoms with E-state index in [-0.39, 0.29) is 30.8 Å². The molecule has 0 bridgehead atoms. The summed E-state index contributed by atoms with van der Waals surface area (Å²) in [4.78, 5) is 24.4. The number of benzene rings is 1. The molecule has 0 heterocycles. The van der Waals surface area contributed by atoms with Crippen LogP contribution in [0, 0.1) is 5.41 Å². The standard InChI is InChI=1S/C20H26N2O6/c1-4-26-18(23)21-22(19(24)27-5-2)16-10-11-17(20(16)12-13-20)28-15-8-6-14(25-3)7-9-15/h6-11,16-17H,4-5,12-13H2,1-3H3,(H,21,23)/t16-,17+/m0/s1. The Morgan fingerprint density at radius 3 is 2.29 bits per heavy atom. The lowest BCUT2D eigenvalue weighted by Gasteiger charge is -2.33. The molecule has 3 rings (SSSR count). The number of hydrogen-bond acceptors (Lipinski definition) is 6. The molecular weight excluding hydrogens is 364 g/mol. The number of rotatable bonds is 6. The third-order valence-electron chi connectivity index (χ3n) is 5.00. The van der Waals surface area contributed by atoms with Crippen LogP contribution in [0.3, 0.4) is 0 Å². The smallest absolute Gasteiger partial charge is 0.429 e. The van der Waals surface area contributed by atoms with Crippen molar-refractivity contribution in [2.24, 2.45) is 5.41 Å². The van der Waals surface area contributed by atoms with Crippen molar-refractivity contribution in [1.82, 2.24) is 10.4 Å². The van der Waals surface area contributed by atoms with Gasteiger partial charge in [-0.15, -0.1) is 0 Å². The summed E-state index contributed by atoms with van der Waals surface area (Å²) in [5, 5.41) is 1.21. The van der Waals surface area contributed by atoms with Crippen molar-refractivity contribution in [3.05, 3.63) is 36.4 Å². The van der Waals surface area contributed by atoms with Crippen LogP contribution in [0.25, 0.3) is 0 Å². The van der Waals surface area contributed by atoms with Crippen LogP contribution < -0.4 is 14.9 Å². The number of ether oxygens (including phenoxy) is 4. The lowest BCUT2D eigenvalue weighted by molar-refractivity contribution is 0.0363. The van der Waals surface area contributed by atoms with E-state index in [0.29, 0.717) is 5.75 Å². The van der Waals surface area contributed by atoms with E-state index in [9.17, 15) is 9.59 Å². The molecule has 1 spiro atoms. The van der Waals surface area contributed by atoms with Crippen LogP contribution >= 0.6 is 0 Å². The zero-order valence-corrected chi connectivity index (χ0v) is 16.3. The Morgan fingerprint density at radius 1 is 1.07 bits per heavy atom. The minimum absolute atomic E-state index is 0.203. The molecule has 2 atom stereocenters. The number of nitrogens with zero attached hydrogens (tertiary/aromatic N) is 1. The molecular formula is C20H26N2O6. The van der Waals surface area contributed by atoms with Crippen LogP contribution in [-0.4, -0.2) is 49.7 Å². The number of methoxy groups -OCH3 is 1. The average Bonchev–Trinajstić information content (AvgIpc) is 3.41. The molecule has 0 saturated heterocycles. The third-order valence-corrected chi connectivity index (χ3v) is 5.00. The van der Waals surface area contributed by atoms with Gasteiger partial charge in [-0.1, -0.05) is 6.08 Å². The molecule has 8 nitrogen and oxygen atoms in total. The maximum atomic E-state index is 12.5. The molecule has 1 saturated carbocycles. The van der Waals surface area contributed by atoms with Gasteiger partial charge in [0.2, 0.25) is 0 Å². The largest absolute Gasteiger partial charge is 0.497 e. The topological polar surface area (TPSA) is 86.3 Å². The van der Waals surface area contributed by atoms with Crippen LogP contribution in [0.2, 0.25) is 0 Å². The van der Waals surface area contributed by atoms with Gasteiger partial charge >= 0.3 is 12.2 Å². The number of carbonyl (C=O) groups is 2. The second-order valence-electron chi connectivity index (χ2n) is 6.68. The monoisotopic (exact) mass is 390 g/mol. The van der Waals surface area contributed by atoms with Gasteiger partial charge in [-0.2, -0.15) is 0 Å². The Bertz CT molecular complexity index is 729. The Morgan fingerprint density at radius 2 is 1.71 bits per heavy atom. The first-order chi connectivity index (χ1) is 13.5. The van der Waals surface area contributed by atoms with Crippen molar-refractivity contribution in [3.8, 4) is 11.5 Å². The lowest BCUT2D eigenvalue weighted by Crippen LogP contribution is -2.55. The SMILES string of the molecule is CCOC(=O)NN(C(=O)OCC)[C@H]1C=C[C@@H](Oc2ccc(OC)cc2)C12CC2. The zero-order chi connectivity index (χ0) is 20.1. The van der Waals surface area contributed by atoms with Crippen molar-refractivity contribution in [2.45, 2.75) is 38.8 Å². The maximum Gasteiger partial charge on any atom is 0.429 e. The van der Waals surface area contributed by atoms with Gasteiger partial charge in [-0.3, -0.25) is 0 Å². The summed E-state index contributed by atoms with van der Waals surface area (Å²) in [6, 6.07) is 6.97. The summed E-state index contributed by atoms with van der Waals surface area (Å²) in [5.74, 6) is 1.46. The molecule has 2 aliphatic carbocycles. The lowest BCUT2D eigenvalue weighted by atomic mass is 9.96. The van der Waals surface area contributed by atoms with E-state index in [2.05, 4.69) is 5.43 Å². The van der Waals surface area contributed by atoms with E-state index < -0.39 is 12.2 Å². The van der Waals surface area contributed by atoms with Gasteiger partial charge < -0.3 is 18.9 Å². The van der Waals surface area contributed by atoms with Crippen molar-refractivity contribution in [1.29, 1.82) is 0 Å². The Labute approximate surface area is 164 Å². The molecule has 1 fully saturated rings. The summed E-state index contributed by atoms with van der Waals surface area (Å²) >= 11 is 0. The number of carbonyl (C=O) groups excluding carboxylic acids is 2. The van der Waals surface area contributed by atoms with Crippen molar-refractivity contribution < 1.29 is 28.5 Å². The molecule has 1 aromatic rings. The number of hydrogen-bond donors (Lipinski definition) is 1. The number of amides is 2. The van der Waals surface area contributed by atoms with E-state index in [1.165, 1.54) is 5.01 Å². The Hall–Kier alpha value is -2.90. The minimum Gasteiger partial charge on any atom is -0.497 e. The van der Waals surface area contributed by atoms with Crippen molar-refractivity contribution in [3.63, 3.8) is 0 Å². The summed E-state index contributed by atoms with van der Waals surface area (Å²) < 4.78 is 21.4. The highest BCUT2D eigenvalue weighted by Gasteiger charge is 2.61. The molecule has 0 radical (unpaired) electrons. The molecule has 0 unspecified atom stereocenters. The van der Waals surface area contributed by atoms with E-state index >= 15 is 0 Å². The van der Waals surface area contributed by atoms with E-state index in [1.54, 1.807) is 21.0 Å². The minimum atomic E-state index is -0.695. The summed E-state index contributed by atoms with van der Waals surface area (Å²) in [7, 11) is 1.61. The highest BCUT2D eigenvalue weighted by Crippen LogP contribution is 2.57. The fourth-order valence-corrected chi connectivity index (χ4v) is 3.47. The average molecular weight is 390 g/mol. The van der Waals surface area contributed by atoms with Crippen molar-refractivity contribution >= 4 is 12.2 Å². The van der Waals surface area contributed by atoms with Gasteiger partial charge in [0.15, 0.2) is 0 Å². The van der Waals surface area contributed by atoms with E-state index in [4.69, 9.17) is 18.9 Å². The maximum absolute atomic E-state index is 12.5. The Kier molecular flexibility index (Phi) is 5.96. The van der Waals surface area contributed by atoms with E-state index in [1.807, 2.05) is 36.4 Å². The van der Waals surface area contributed by atoms with Gasteiger partial charge in [-0.05, 0) is 57.0 Å². The first kappa shape index (κ1) is 19.9. The van der Waals surface area contributed by atoms with E-state index in [0.717, 1.165) is 18.6 Å². The van der Waals surface area contributed by atoms with Gasteiger partial charge in [0.25, 0.3) is 0 Å². The molecule has 28 heavy (non-hydrogen) atoms. The fraction of sp³-hybridized carbons (Fsp3) is 0.500. The normalized spacial score (nSPS) is 21.1. The molecule has 2 aliphatic rings.